The van der Waals surface area contributed by atoms with Crippen LogP contribution in [0.25, 0.3) is 0 Å². The van der Waals surface area contributed by atoms with Crippen molar-refractivity contribution in [1.82, 2.24) is 0 Å². The molecule has 6 heteroatoms. The van der Waals surface area contributed by atoms with E-state index in [0.717, 1.165) is 6.92 Å². The van der Waals surface area contributed by atoms with Crippen LogP contribution in [0, 0.1) is 0 Å². The number of hydrogen-bond donors (Lipinski definition) is 1. The van der Waals surface area contributed by atoms with Gasteiger partial charge in [0.25, 0.3) is 0 Å². The molecule has 0 saturated heterocycles. The van der Waals surface area contributed by atoms with Crippen LogP contribution >= 0.6 is 0 Å². The zero-order valence-electron chi connectivity index (χ0n) is 4.49. The van der Waals surface area contributed by atoms with Crippen molar-refractivity contribution in [3.05, 3.63) is 0 Å². The Morgan fingerprint density at radius 1 is 1.33 bits per heavy atom. The molecule has 0 saturated carbocycles. The average molecular weight is 216 g/mol. The number of rotatable bonds is 1. The number of aliphatic carboxylic acids is 1. The van der Waals surface area contributed by atoms with Gasteiger partial charge in [0.1, 0.15) is 0 Å². The SMILES string of the molecule is CC(=O)C(=O)O.[O]=[Mo]=[O]. The molecule has 0 aliphatic heterocycles. The third kappa shape index (κ3) is 18.6. The van der Waals surface area contributed by atoms with Crippen molar-refractivity contribution in [3.8, 4) is 0 Å². The number of carboxylic acid groups (broad SMARTS) is 1. The summed E-state index contributed by atoms with van der Waals surface area (Å²) in [5.41, 5.74) is 0. The van der Waals surface area contributed by atoms with Crippen LogP contribution in [-0.2, 0) is 34.9 Å². The summed E-state index contributed by atoms with van der Waals surface area (Å²) in [5, 5.41) is 7.64. The summed E-state index contributed by atoms with van der Waals surface area (Å²) in [7, 11) is 0. The molecule has 0 aromatic rings. The van der Waals surface area contributed by atoms with Crippen LogP contribution in [0.1, 0.15) is 6.92 Å². The molecule has 0 radical (unpaired) electrons. The Morgan fingerprint density at radius 3 is 1.44 bits per heavy atom. The third-order valence-electron chi connectivity index (χ3n) is 0.301. The van der Waals surface area contributed by atoms with Gasteiger partial charge in [-0.25, -0.2) is 4.79 Å². The van der Waals surface area contributed by atoms with E-state index in [1.807, 2.05) is 0 Å². The minimum absolute atomic E-state index is 0.824. The van der Waals surface area contributed by atoms with Gasteiger partial charge in [-0.3, -0.25) is 4.79 Å². The second-order valence-corrected chi connectivity index (χ2v) is 1.26. The van der Waals surface area contributed by atoms with E-state index in [1.165, 1.54) is 0 Å². The van der Waals surface area contributed by atoms with E-state index in [4.69, 9.17) is 11.9 Å². The van der Waals surface area contributed by atoms with Gasteiger partial charge in [0.2, 0.25) is 5.78 Å². The molecule has 0 aromatic carbocycles. The first-order valence-corrected chi connectivity index (χ1v) is 3.35. The minimum atomic E-state index is -2.03. The van der Waals surface area contributed by atoms with E-state index < -0.39 is 30.2 Å². The zero-order chi connectivity index (χ0) is 7.86. The maximum atomic E-state index is 9.54. The Morgan fingerprint density at radius 2 is 1.44 bits per heavy atom. The molecule has 0 heterocycles. The van der Waals surface area contributed by atoms with Crippen molar-refractivity contribution in [3.63, 3.8) is 0 Å². The van der Waals surface area contributed by atoms with Gasteiger partial charge in [-0.15, -0.1) is 0 Å². The molecule has 0 fully saturated rings. The van der Waals surface area contributed by atoms with Crippen LogP contribution in [-0.4, -0.2) is 16.9 Å². The summed E-state index contributed by atoms with van der Waals surface area (Å²) in [6.45, 7) is 1.00. The van der Waals surface area contributed by atoms with Crippen molar-refractivity contribution < 1.29 is 40.0 Å². The fourth-order valence-electron chi connectivity index (χ4n) is 0. The molecule has 0 bridgehead atoms. The summed E-state index contributed by atoms with van der Waals surface area (Å²) in [6, 6.07) is 0. The molecular weight excluding hydrogens is 212 g/mol. The molecular formula is C3H4MoO5. The quantitative estimate of drug-likeness (QED) is 0.467. The van der Waals surface area contributed by atoms with Crippen molar-refractivity contribution in [2.75, 3.05) is 0 Å². The van der Waals surface area contributed by atoms with E-state index in [1.54, 1.807) is 0 Å². The first kappa shape index (κ1) is 11.3. The number of hydrogen-bond acceptors (Lipinski definition) is 4. The van der Waals surface area contributed by atoms with Crippen LogP contribution in [0.4, 0.5) is 0 Å². The summed E-state index contributed by atoms with van der Waals surface area (Å²) in [6.07, 6.45) is 0. The molecule has 1 N–H and O–H groups in total. The standard InChI is InChI=1S/C3H4O3.Mo.2O/c1-2(4)3(5)6;;;/h1H3,(H,5,6);;;. The van der Waals surface area contributed by atoms with Gasteiger partial charge < -0.3 is 5.11 Å². The van der Waals surface area contributed by atoms with Gasteiger partial charge in [-0.2, -0.15) is 0 Å². The molecule has 9 heavy (non-hydrogen) atoms. The molecule has 5 nitrogen and oxygen atoms in total. The van der Waals surface area contributed by atoms with Crippen LogP contribution < -0.4 is 0 Å². The van der Waals surface area contributed by atoms with Gasteiger partial charge >= 0.3 is 31.3 Å². The molecule has 0 unspecified atom stereocenters. The average Bonchev–Trinajstić information content (AvgIpc) is 1.68. The Balaban J connectivity index is 0. The number of carboxylic acids is 1. The predicted molar refractivity (Wildman–Crippen MR) is 19.7 cm³/mol. The summed E-state index contributed by atoms with van der Waals surface area (Å²) < 4.78 is 17.0. The van der Waals surface area contributed by atoms with Gasteiger partial charge in [0.15, 0.2) is 0 Å². The van der Waals surface area contributed by atoms with E-state index in [0.29, 0.717) is 0 Å². The van der Waals surface area contributed by atoms with Crippen molar-refractivity contribution in [2.45, 2.75) is 6.92 Å². The van der Waals surface area contributed by atoms with Crippen LogP contribution in [0.15, 0.2) is 0 Å². The Kier molecular flexibility index (Phi) is 9.29. The second kappa shape index (κ2) is 7.43. The van der Waals surface area contributed by atoms with E-state index in [2.05, 4.69) is 0 Å². The topological polar surface area (TPSA) is 88.5 Å². The van der Waals surface area contributed by atoms with Crippen molar-refractivity contribution >= 4 is 11.8 Å². The first-order valence-electron chi connectivity index (χ1n) is 1.72. The zero-order valence-corrected chi connectivity index (χ0v) is 6.50. The van der Waals surface area contributed by atoms with Crippen molar-refractivity contribution in [2.24, 2.45) is 0 Å². The molecule has 0 aliphatic rings. The van der Waals surface area contributed by atoms with E-state index in [9.17, 15) is 9.59 Å². The number of carbonyl (C=O) groups excluding carboxylic acids is 1. The molecule has 0 aromatic heterocycles. The van der Waals surface area contributed by atoms with E-state index >= 15 is 0 Å². The Labute approximate surface area is 59.2 Å². The maximum absolute atomic E-state index is 9.54. The molecule has 0 rings (SSSR count). The molecule has 0 atom stereocenters. The summed E-state index contributed by atoms with van der Waals surface area (Å²) in [5.74, 6) is -2.20. The Bertz CT molecular complexity index is 132. The van der Waals surface area contributed by atoms with E-state index in [-0.39, 0.29) is 0 Å². The number of carbonyl (C=O) groups is 2. The van der Waals surface area contributed by atoms with Crippen molar-refractivity contribution in [1.29, 1.82) is 0 Å². The fourth-order valence-corrected chi connectivity index (χ4v) is 0. The third-order valence-corrected chi connectivity index (χ3v) is 0.301. The van der Waals surface area contributed by atoms with Crippen LogP contribution in [0.3, 0.4) is 0 Å². The van der Waals surface area contributed by atoms with Crippen LogP contribution in [0.5, 0.6) is 0 Å². The van der Waals surface area contributed by atoms with Gasteiger partial charge in [-0.1, -0.05) is 0 Å². The molecule has 0 aliphatic carbocycles. The monoisotopic (exact) mass is 218 g/mol. The Hall–Kier alpha value is -0.572. The predicted octanol–water partition coefficient (Wildman–Crippen LogP) is -0.580. The number of ketones is 1. The first-order chi connectivity index (χ1) is 4.06. The molecule has 0 amide bonds. The van der Waals surface area contributed by atoms with Gasteiger partial charge in [0, 0.05) is 6.92 Å². The summed E-state index contributed by atoms with van der Waals surface area (Å²) in [4.78, 5) is 18.9. The molecule has 52 valence electrons. The van der Waals surface area contributed by atoms with Crippen LogP contribution in [0.2, 0.25) is 0 Å². The normalized spacial score (nSPS) is 6.33. The fraction of sp³-hybridized carbons (Fsp3) is 0.333. The van der Waals surface area contributed by atoms with Gasteiger partial charge in [0.05, 0.1) is 0 Å². The number of Topliss-reactive ketones (excluding diaryl/α,β-unsaturated/α-hetero) is 1. The summed E-state index contributed by atoms with van der Waals surface area (Å²) >= 11 is -2.03. The second-order valence-electron chi connectivity index (χ2n) is 0.929. The molecule has 0 spiro atoms. The van der Waals surface area contributed by atoms with Gasteiger partial charge in [-0.05, 0) is 0 Å².